The highest BCUT2D eigenvalue weighted by molar-refractivity contribution is 14.0. The summed E-state index contributed by atoms with van der Waals surface area (Å²) in [6.07, 6.45) is 4.83. The molecular formula is C18H32IN3OS. The monoisotopic (exact) mass is 465 g/mol. The first-order chi connectivity index (χ1) is 11.2. The van der Waals surface area contributed by atoms with Crippen LogP contribution in [0.5, 0.6) is 0 Å². The normalized spacial score (nSPS) is 11.3. The van der Waals surface area contributed by atoms with Crippen molar-refractivity contribution in [3.63, 3.8) is 0 Å². The maximum atomic E-state index is 5.61. The van der Waals surface area contributed by atoms with E-state index in [1.165, 1.54) is 29.7 Å². The topological polar surface area (TPSA) is 45.7 Å². The molecule has 0 spiro atoms. The van der Waals surface area contributed by atoms with Gasteiger partial charge in [-0.2, -0.15) is 11.8 Å². The molecule has 1 aromatic rings. The second kappa shape index (κ2) is 14.8. The van der Waals surface area contributed by atoms with Crippen LogP contribution >= 0.6 is 35.7 Å². The van der Waals surface area contributed by atoms with Crippen molar-refractivity contribution in [3.05, 3.63) is 35.4 Å². The summed E-state index contributed by atoms with van der Waals surface area (Å²) in [6, 6.07) is 8.52. The molecule has 0 atom stereocenters. The van der Waals surface area contributed by atoms with Crippen LogP contribution < -0.4 is 10.6 Å². The Morgan fingerprint density at radius 2 is 1.79 bits per heavy atom. The van der Waals surface area contributed by atoms with E-state index >= 15 is 0 Å². The Kier molecular flexibility index (Phi) is 14.5. The summed E-state index contributed by atoms with van der Waals surface area (Å²) < 4.78 is 5.61. The molecule has 4 nitrogen and oxygen atoms in total. The minimum Gasteiger partial charge on any atom is -0.374 e. The third-order valence-corrected chi connectivity index (χ3v) is 4.05. The predicted octanol–water partition coefficient (Wildman–Crippen LogP) is 4.04. The molecule has 0 heterocycles. The Morgan fingerprint density at radius 3 is 2.38 bits per heavy atom. The van der Waals surface area contributed by atoms with Crippen molar-refractivity contribution in [3.8, 4) is 0 Å². The van der Waals surface area contributed by atoms with Gasteiger partial charge in [0.1, 0.15) is 0 Å². The van der Waals surface area contributed by atoms with Crippen molar-refractivity contribution in [1.82, 2.24) is 10.6 Å². The summed E-state index contributed by atoms with van der Waals surface area (Å²) >= 11 is 1.90. The van der Waals surface area contributed by atoms with Gasteiger partial charge in [0.25, 0.3) is 0 Å². The first-order valence-electron chi connectivity index (χ1n) is 8.28. The molecule has 0 aliphatic carbocycles. The average molecular weight is 465 g/mol. The number of nitrogens with zero attached hydrogens (tertiary/aromatic N) is 1. The van der Waals surface area contributed by atoms with Crippen LogP contribution in [-0.4, -0.2) is 37.7 Å². The lowest BCUT2D eigenvalue weighted by molar-refractivity contribution is 0.0657. The Morgan fingerprint density at radius 1 is 1.12 bits per heavy atom. The molecule has 2 N–H and O–H groups in total. The second-order valence-electron chi connectivity index (χ2n) is 5.73. The fraction of sp³-hybridized carbons (Fsp3) is 0.611. The van der Waals surface area contributed by atoms with Crippen molar-refractivity contribution >= 4 is 41.7 Å². The fourth-order valence-electron chi connectivity index (χ4n) is 2.00. The summed E-state index contributed by atoms with van der Waals surface area (Å²) in [5.74, 6) is 2.09. The van der Waals surface area contributed by atoms with Gasteiger partial charge in [-0.05, 0) is 49.8 Å². The maximum absolute atomic E-state index is 5.61. The molecular weight excluding hydrogens is 433 g/mol. The van der Waals surface area contributed by atoms with Crippen LogP contribution in [0.2, 0.25) is 0 Å². The van der Waals surface area contributed by atoms with Gasteiger partial charge in [-0.3, -0.25) is 4.99 Å². The molecule has 1 rings (SSSR count). The van der Waals surface area contributed by atoms with Gasteiger partial charge >= 0.3 is 0 Å². The summed E-state index contributed by atoms with van der Waals surface area (Å²) in [5, 5.41) is 6.70. The molecule has 6 heteroatoms. The Hall–Kier alpha value is -0.470. The summed E-state index contributed by atoms with van der Waals surface area (Å²) in [4.78, 5) is 4.26. The van der Waals surface area contributed by atoms with Gasteiger partial charge in [0.05, 0.1) is 12.7 Å². The Balaban J connectivity index is 0.00000529. The third-order valence-electron chi connectivity index (χ3n) is 3.36. The molecule has 0 aliphatic heterocycles. The van der Waals surface area contributed by atoms with Crippen molar-refractivity contribution < 1.29 is 4.74 Å². The Bertz CT molecular complexity index is 452. The molecule has 0 fully saturated rings. The number of guanidine groups is 1. The minimum absolute atomic E-state index is 0. The number of nitrogens with one attached hydrogen (secondary N) is 2. The van der Waals surface area contributed by atoms with Crippen LogP contribution in [0, 0.1) is 0 Å². The van der Waals surface area contributed by atoms with Gasteiger partial charge in [-0.1, -0.05) is 24.3 Å². The molecule has 138 valence electrons. The molecule has 0 saturated carbocycles. The molecule has 0 radical (unpaired) electrons. The minimum atomic E-state index is 0. The van der Waals surface area contributed by atoms with Gasteiger partial charge in [-0.25, -0.2) is 0 Å². The number of hydrogen-bond acceptors (Lipinski definition) is 3. The average Bonchev–Trinajstić information content (AvgIpc) is 2.56. The van der Waals surface area contributed by atoms with E-state index in [0.29, 0.717) is 6.61 Å². The quantitative estimate of drug-likeness (QED) is 0.237. The van der Waals surface area contributed by atoms with Crippen LogP contribution in [0.25, 0.3) is 0 Å². The second-order valence-corrected chi connectivity index (χ2v) is 6.71. The number of aliphatic imine (C=N–C) groups is 1. The molecule has 0 saturated heterocycles. The number of unbranched alkanes of at least 4 members (excludes halogenated alkanes) is 1. The fourth-order valence-corrected chi connectivity index (χ4v) is 2.49. The van der Waals surface area contributed by atoms with E-state index in [1.807, 2.05) is 18.8 Å². The number of halogens is 1. The number of thioether (sulfide) groups is 1. The van der Waals surface area contributed by atoms with Crippen molar-refractivity contribution in [1.29, 1.82) is 0 Å². The van der Waals surface area contributed by atoms with Gasteiger partial charge in [0.2, 0.25) is 0 Å². The van der Waals surface area contributed by atoms with Crippen molar-refractivity contribution in [2.24, 2.45) is 4.99 Å². The van der Waals surface area contributed by atoms with E-state index in [9.17, 15) is 0 Å². The van der Waals surface area contributed by atoms with Crippen LogP contribution in [0.15, 0.2) is 29.3 Å². The zero-order valence-electron chi connectivity index (χ0n) is 15.3. The standard InChI is InChI=1S/C18H31N3OS.HI/c1-15(2)22-14-17-9-7-16(8-10-17)13-21-18(19-3)20-11-5-6-12-23-4;/h7-10,15H,5-6,11-14H2,1-4H3,(H2,19,20,21);1H. The van der Waals surface area contributed by atoms with E-state index < -0.39 is 0 Å². The van der Waals surface area contributed by atoms with E-state index in [4.69, 9.17) is 4.74 Å². The lowest BCUT2D eigenvalue weighted by Crippen LogP contribution is -2.37. The molecule has 1 aromatic carbocycles. The lowest BCUT2D eigenvalue weighted by atomic mass is 10.1. The molecule has 0 amide bonds. The first kappa shape index (κ1) is 23.5. The molecule has 0 unspecified atom stereocenters. The van der Waals surface area contributed by atoms with E-state index in [-0.39, 0.29) is 30.1 Å². The van der Waals surface area contributed by atoms with Gasteiger partial charge < -0.3 is 15.4 Å². The van der Waals surface area contributed by atoms with Crippen LogP contribution in [-0.2, 0) is 17.9 Å². The number of hydrogen-bond donors (Lipinski definition) is 2. The molecule has 0 bridgehead atoms. The van der Waals surface area contributed by atoms with Crippen molar-refractivity contribution in [2.75, 3.05) is 25.6 Å². The van der Waals surface area contributed by atoms with Crippen LogP contribution in [0.3, 0.4) is 0 Å². The van der Waals surface area contributed by atoms with Crippen molar-refractivity contribution in [2.45, 2.75) is 45.9 Å². The SMILES string of the molecule is CN=C(NCCCCSC)NCc1ccc(COC(C)C)cc1.I. The zero-order valence-corrected chi connectivity index (χ0v) is 18.4. The van der Waals surface area contributed by atoms with E-state index in [1.54, 1.807) is 0 Å². The van der Waals surface area contributed by atoms with Crippen LogP contribution in [0.4, 0.5) is 0 Å². The summed E-state index contributed by atoms with van der Waals surface area (Å²) in [6.45, 7) is 6.52. The number of rotatable bonds is 10. The van der Waals surface area contributed by atoms with E-state index in [2.05, 4.69) is 60.0 Å². The van der Waals surface area contributed by atoms with Gasteiger partial charge in [0, 0.05) is 20.1 Å². The highest BCUT2D eigenvalue weighted by Crippen LogP contribution is 2.07. The zero-order chi connectivity index (χ0) is 16.9. The third kappa shape index (κ3) is 11.1. The first-order valence-corrected chi connectivity index (χ1v) is 9.68. The van der Waals surface area contributed by atoms with Gasteiger partial charge in [-0.15, -0.1) is 24.0 Å². The number of ether oxygens (including phenoxy) is 1. The molecule has 0 aliphatic rings. The molecule has 0 aromatic heterocycles. The largest absolute Gasteiger partial charge is 0.374 e. The summed E-state index contributed by atoms with van der Waals surface area (Å²) in [7, 11) is 1.81. The highest BCUT2D eigenvalue weighted by atomic mass is 127. The van der Waals surface area contributed by atoms with Gasteiger partial charge in [0.15, 0.2) is 5.96 Å². The predicted molar refractivity (Wildman–Crippen MR) is 118 cm³/mol. The molecule has 24 heavy (non-hydrogen) atoms. The summed E-state index contributed by atoms with van der Waals surface area (Å²) in [5.41, 5.74) is 2.45. The lowest BCUT2D eigenvalue weighted by Gasteiger charge is -2.12. The Labute approximate surface area is 168 Å². The maximum Gasteiger partial charge on any atom is 0.191 e. The number of benzene rings is 1. The van der Waals surface area contributed by atoms with E-state index in [0.717, 1.165) is 19.0 Å². The highest BCUT2D eigenvalue weighted by Gasteiger charge is 2.00. The van der Waals surface area contributed by atoms with Crippen LogP contribution in [0.1, 0.15) is 37.8 Å². The smallest absolute Gasteiger partial charge is 0.191 e.